The molecular formula is C18H30FIN4. The minimum absolute atomic E-state index is 0. The molecule has 0 aliphatic carbocycles. The van der Waals surface area contributed by atoms with Gasteiger partial charge in [0.15, 0.2) is 5.96 Å². The number of rotatable bonds is 5. The fourth-order valence-electron chi connectivity index (χ4n) is 3.02. The number of halogens is 2. The molecule has 0 aromatic heterocycles. The van der Waals surface area contributed by atoms with E-state index < -0.39 is 0 Å². The quantitative estimate of drug-likeness (QED) is 0.413. The number of guanidine groups is 1. The average molecular weight is 448 g/mol. The number of piperidine rings is 1. The molecule has 1 aromatic carbocycles. The predicted octanol–water partition coefficient (Wildman–Crippen LogP) is 3.23. The Morgan fingerprint density at radius 2 is 2.08 bits per heavy atom. The Kier molecular flexibility index (Phi) is 9.58. The second-order valence-electron chi connectivity index (χ2n) is 6.50. The number of nitrogens with one attached hydrogen (secondary N) is 2. The smallest absolute Gasteiger partial charge is 0.191 e. The van der Waals surface area contributed by atoms with Crippen LogP contribution in [-0.4, -0.2) is 43.6 Å². The van der Waals surface area contributed by atoms with Crippen LogP contribution < -0.4 is 10.6 Å². The first-order chi connectivity index (χ1) is 11.1. The van der Waals surface area contributed by atoms with E-state index in [-0.39, 0.29) is 29.8 Å². The third kappa shape index (κ3) is 6.55. The van der Waals surface area contributed by atoms with Gasteiger partial charge < -0.3 is 15.5 Å². The third-order valence-corrected chi connectivity index (χ3v) is 4.47. The first kappa shape index (κ1) is 21.2. The standard InChI is InChI=1S/C18H29FN4.HI/c1-14(2)23-10-6-7-15(13-23)11-21-18(20-3)22-12-16-8-4-5-9-17(16)19;/h4-5,8-9,14-15H,6-7,10-13H2,1-3H3,(H2,20,21,22);1H. The second kappa shape index (κ2) is 10.9. The summed E-state index contributed by atoms with van der Waals surface area (Å²) in [4.78, 5) is 6.76. The number of nitrogens with zero attached hydrogens (tertiary/aromatic N) is 2. The number of aliphatic imine (C=N–C) groups is 1. The molecule has 1 saturated heterocycles. The van der Waals surface area contributed by atoms with Crippen molar-refractivity contribution < 1.29 is 4.39 Å². The van der Waals surface area contributed by atoms with E-state index in [0.29, 0.717) is 24.1 Å². The lowest BCUT2D eigenvalue weighted by atomic mass is 9.97. The van der Waals surface area contributed by atoms with Crippen LogP contribution >= 0.6 is 24.0 Å². The third-order valence-electron chi connectivity index (χ3n) is 4.47. The van der Waals surface area contributed by atoms with Gasteiger partial charge in [-0.2, -0.15) is 0 Å². The fourth-order valence-corrected chi connectivity index (χ4v) is 3.02. The SMILES string of the molecule is CN=C(NCc1ccccc1F)NCC1CCCN(C(C)C)C1.I. The van der Waals surface area contributed by atoms with Gasteiger partial charge in [-0.25, -0.2) is 4.39 Å². The predicted molar refractivity (Wildman–Crippen MR) is 109 cm³/mol. The number of benzene rings is 1. The van der Waals surface area contributed by atoms with Gasteiger partial charge in [0.25, 0.3) is 0 Å². The fraction of sp³-hybridized carbons (Fsp3) is 0.611. The van der Waals surface area contributed by atoms with Gasteiger partial charge in [0, 0.05) is 38.3 Å². The highest BCUT2D eigenvalue weighted by Gasteiger charge is 2.21. The lowest BCUT2D eigenvalue weighted by Gasteiger charge is -2.35. The van der Waals surface area contributed by atoms with Crippen molar-refractivity contribution in [3.05, 3.63) is 35.6 Å². The largest absolute Gasteiger partial charge is 0.356 e. The average Bonchev–Trinajstić information content (AvgIpc) is 2.56. The summed E-state index contributed by atoms with van der Waals surface area (Å²) in [5.41, 5.74) is 0.652. The van der Waals surface area contributed by atoms with Crippen LogP contribution in [0.25, 0.3) is 0 Å². The van der Waals surface area contributed by atoms with Crippen LogP contribution in [0.5, 0.6) is 0 Å². The van der Waals surface area contributed by atoms with Gasteiger partial charge in [-0.1, -0.05) is 18.2 Å². The Hall–Kier alpha value is -0.890. The molecule has 6 heteroatoms. The molecule has 0 spiro atoms. The summed E-state index contributed by atoms with van der Waals surface area (Å²) >= 11 is 0. The van der Waals surface area contributed by atoms with Crippen molar-refractivity contribution in [1.82, 2.24) is 15.5 Å². The molecule has 0 saturated carbocycles. The van der Waals surface area contributed by atoms with Gasteiger partial charge >= 0.3 is 0 Å². The highest BCUT2D eigenvalue weighted by molar-refractivity contribution is 14.0. The number of hydrogen-bond acceptors (Lipinski definition) is 2. The van der Waals surface area contributed by atoms with E-state index in [2.05, 4.69) is 34.4 Å². The molecule has 0 radical (unpaired) electrons. The Balaban J connectivity index is 0.00000288. The van der Waals surface area contributed by atoms with Gasteiger partial charge in [0.1, 0.15) is 5.82 Å². The summed E-state index contributed by atoms with van der Waals surface area (Å²) in [5.74, 6) is 1.18. The number of hydrogen-bond donors (Lipinski definition) is 2. The lowest BCUT2D eigenvalue weighted by Crippen LogP contribution is -2.46. The summed E-state index contributed by atoms with van der Waals surface area (Å²) < 4.78 is 13.6. The maximum atomic E-state index is 13.6. The van der Waals surface area contributed by atoms with Gasteiger partial charge in [0.2, 0.25) is 0 Å². The first-order valence-electron chi connectivity index (χ1n) is 8.52. The van der Waals surface area contributed by atoms with Crippen molar-refractivity contribution in [3.63, 3.8) is 0 Å². The molecule has 136 valence electrons. The van der Waals surface area contributed by atoms with Crippen LogP contribution in [0.2, 0.25) is 0 Å². The van der Waals surface area contributed by atoms with E-state index in [4.69, 9.17) is 0 Å². The van der Waals surface area contributed by atoms with Crippen molar-refractivity contribution in [2.24, 2.45) is 10.9 Å². The molecule has 0 bridgehead atoms. The lowest BCUT2D eigenvalue weighted by molar-refractivity contribution is 0.141. The number of likely N-dealkylation sites (tertiary alicyclic amines) is 1. The minimum atomic E-state index is -0.185. The van der Waals surface area contributed by atoms with Crippen molar-refractivity contribution in [2.75, 3.05) is 26.7 Å². The summed E-state index contributed by atoms with van der Waals surface area (Å²) in [6, 6.07) is 7.43. The highest BCUT2D eigenvalue weighted by atomic mass is 127. The normalized spacial score (nSPS) is 19.0. The summed E-state index contributed by atoms with van der Waals surface area (Å²) in [6.45, 7) is 8.19. The van der Waals surface area contributed by atoms with Crippen LogP contribution in [-0.2, 0) is 6.54 Å². The Bertz CT molecular complexity index is 521. The Morgan fingerprint density at radius 3 is 2.75 bits per heavy atom. The van der Waals surface area contributed by atoms with Crippen LogP contribution in [0.3, 0.4) is 0 Å². The highest BCUT2D eigenvalue weighted by Crippen LogP contribution is 2.17. The molecule has 2 rings (SSSR count). The van der Waals surface area contributed by atoms with Gasteiger partial charge in [-0.3, -0.25) is 4.99 Å². The molecule has 1 aromatic rings. The molecule has 1 aliphatic heterocycles. The molecule has 2 N–H and O–H groups in total. The minimum Gasteiger partial charge on any atom is -0.356 e. The van der Waals surface area contributed by atoms with E-state index in [1.54, 1.807) is 19.2 Å². The molecule has 0 amide bonds. The summed E-state index contributed by atoms with van der Waals surface area (Å²) in [6.07, 6.45) is 2.51. The zero-order chi connectivity index (χ0) is 16.7. The van der Waals surface area contributed by atoms with Crippen LogP contribution in [0.4, 0.5) is 4.39 Å². The first-order valence-corrected chi connectivity index (χ1v) is 8.52. The molecule has 1 atom stereocenters. The summed E-state index contributed by atoms with van der Waals surface area (Å²) in [5, 5.41) is 6.56. The van der Waals surface area contributed by atoms with Crippen LogP contribution in [0, 0.1) is 11.7 Å². The van der Waals surface area contributed by atoms with Gasteiger partial charge in [0.05, 0.1) is 0 Å². The van der Waals surface area contributed by atoms with Crippen molar-refractivity contribution in [3.8, 4) is 0 Å². The Morgan fingerprint density at radius 1 is 1.33 bits per heavy atom. The monoisotopic (exact) mass is 448 g/mol. The van der Waals surface area contributed by atoms with Crippen LogP contribution in [0.1, 0.15) is 32.3 Å². The summed E-state index contributed by atoms with van der Waals surface area (Å²) in [7, 11) is 1.75. The van der Waals surface area contributed by atoms with E-state index in [0.717, 1.165) is 19.0 Å². The molecule has 1 unspecified atom stereocenters. The van der Waals surface area contributed by atoms with E-state index in [1.165, 1.54) is 25.5 Å². The molecule has 1 heterocycles. The van der Waals surface area contributed by atoms with Crippen molar-refractivity contribution in [2.45, 2.75) is 39.3 Å². The van der Waals surface area contributed by atoms with Gasteiger partial charge in [-0.15, -0.1) is 24.0 Å². The molecule has 4 nitrogen and oxygen atoms in total. The van der Waals surface area contributed by atoms with Crippen molar-refractivity contribution in [1.29, 1.82) is 0 Å². The zero-order valence-electron chi connectivity index (χ0n) is 14.9. The maximum Gasteiger partial charge on any atom is 0.191 e. The zero-order valence-corrected chi connectivity index (χ0v) is 17.2. The Labute approximate surface area is 162 Å². The molecule has 24 heavy (non-hydrogen) atoms. The van der Waals surface area contributed by atoms with E-state index in [1.807, 2.05) is 6.07 Å². The molecule has 1 aliphatic rings. The van der Waals surface area contributed by atoms with Crippen LogP contribution in [0.15, 0.2) is 29.3 Å². The topological polar surface area (TPSA) is 39.7 Å². The van der Waals surface area contributed by atoms with E-state index in [9.17, 15) is 4.39 Å². The molecular weight excluding hydrogens is 418 g/mol. The second-order valence-corrected chi connectivity index (χ2v) is 6.50. The maximum absolute atomic E-state index is 13.6. The molecule has 1 fully saturated rings. The van der Waals surface area contributed by atoms with Crippen molar-refractivity contribution >= 4 is 29.9 Å². The van der Waals surface area contributed by atoms with Gasteiger partial charge in [-0.05, 0) is 45.2 Å². The van der Waals surface area contributed by atoms with E-state index >= 15 is 0 Å².